The topological polar surface area (TPSA) is 78.7 Å². The van der Waals surface area contributed by atoms with Crippen LogP contribution in [0.1, 0.15) is 0 Å². The van der Waals surface area contributed by atoms with Gasteiger partial charge in [-0.2, -0.15) is 0 Å². The fourth-order valence-corrected chi connectivity index (χ4v) is 2.34. The number of non-ortho nitro benzene ring substituents is 1. The van der Waals surface area contributed by atoms with Crippen LogP contribution in [0.15, 0.2) is 78.9 Å². The molecule has 0 saturated heterocycles. The predicted molar refractivity (Wildman–Crippen MR) is 96.1 cm³/mol. The fraction of sp³-hybridized carbons (Fsp3) is 0.0500. The fourth-order valence-electron chi connectivity index (χ4n) is 2.34. The molecule has 0 atom stereocenters. The van der Waals surface area contributed by atoms with Crippen molar-refractivity contribution in [1.29, 1.82) is 0 Å². The van der Waals surface area contributed by atoms with Crippen molar-refractivity contribution in [2.75, 3.05) is 6.61 Å². The molecule has 0 bridgehead atoms. The van der Waals surface area contributed by atoms with Gasteiger partial charge >= 0.3 is 5.97 Å². The van der Waals surface area contributed by atoms with Crippen molar-refractivity contribution in [1.82, 2.24) is 0 Å². The largest absolute Gasteiger partial charge is 0.482 e. The molecule has 0 spiro atoms. The van der Waals surface area contributed by atoms with Crippen molar-refractivity contribution in [3.63, 3.8) is 0 Å². The van der Waals surface area contributed by atoms with Gasteiger partial charge in [0.15, 0.2) is 6.61 Å². The molecule has 3 aromatic carbocycles. The van der Waals surface area contributed by atoms with Crippen LogP contribution in [0.5, 0.6) is 11.5 Å². The van der Waals surface area contributed by atoms with Crippen LogP contribution in [0.25, 0.3) is 11.1 Å². The highest BCUT2D eigenvalue weighted by Gasteiger charge is 2.10. The van der Waals surface area contributed by atoms with E-state index in [1.165, 1.54) is 24.3 Å². The lowest BCUT2D eigenvalue weighted by Crippen LogP contribution is -2.17. The summed E-state index contributed by atoms with van der Waals surface area (Å²) in [6.45, 7) is -0.298. The van der Waals surface area contributed by atoms with Crippen LogP contribution in [0.3, 0.4) is 0 Å². The van der Waals surface area contributed by atoms with E-state index in [4.69, 9.17) is 9.47 Å². The maximum atomic E-state index is 11.8. The lowest BCUT2D eigenvalue weighted by atomic mass is 10.1. The molecule has 0 saturated carbocycles. The van der Waals surface area contributed by atoms with Crippen molar-refractivity contribution in [3.05, 3.63) is 89.0 Å². The highest BCUT2D eigenvalue weighted by atomic mass is 16.6. The highest BCUT2D eigenvalue weighted by molar-refractivity contribution is 5.74. The smallest absolute Gasteiger partial charge is 0.349 e. The molecule has 6 heteroatoms. The van der Waals surface area contributed by atoms with E-state index < -0.39 is 10.9 Å². The summed E-state index contributed by atoms with van der Waals surface area (Å²) in [4.78, 5) is 22.0. The average Bonchev–Trinajstić information content (AvgIpc) is 2.68. The standard InChI is InChI=1S/C20H15NO5/c22-20(26-19-8-4-7-17(13-19)21(23)24)14-25-18-11-9-16(10-12-18)15-5-2-1-3-6-15/h1-13H,14H2. The van der Waals surface area contributed by atoms with Crippen LogP contribution >= 0.6 is 0 Å². The number of rotatable bonds is 6. The Bertz CT molecular complexity index is 907. The van der Waals surface area contributed by atoms with Crippen molar-refractivity contribution >= 4 is 11.7 Å². The summed E-state index contributed by atoms with van der Waals surface area (Å²) in [6.07, 6.45) is 0. The van der Waals surface area contributed by atoms with Gasteiger partial charge in [-0.05, 0) is 29.3 Å². The first-order chi connectivity index (χ1) is 12.6. The Labute approximate surface area is 149 Å². The Hall–Kier alpha value is -3.67. The van der Waals surface area contributed by atoms with E-state index >= 15 is 0 Å². The Kier molecular flexibility index (Phi) is 5.24. The molecule has 0 heterocycles. The van der Waals surface area contributed by atoms with Crippen molar-refractivity contribution in [3.8, 4) is 22.6 Å². The van der Waals surface area contributed by atoms with Gasteiger partial charge in [-0.1, -0.05) is 48.5 Å². The SMILES string of the molecule is O=C(COc1ccc(-c2ccccc2)cc1)Oc1cccc([N+](=O)[O-])c1. The molecule has 0 N–H and O–H groups in total. The molecule has 0 fully saturated rings. The number of nitrogens with zero attached hydrogens (tertiary/aromatic N) is 1. The summed E-state index contributed by atoms with van der Waals surface area (Å²) in [5.74, 6) is -0.00877. The molecule has 0 radical (unpaired) electrons. The summed E-state index contributed by atoms with van der Waals surface area (Å²) in [5, 5.41) is 10.7. The minimum absolute atomic E-state index is 0.104. The van der Waals surface area contributed by atoms with Gasteiger partial charge in [-0.15, -0.1) is 0 Å². The zero-order valence-corrected chi connectivity index (χ0v) is 13.7. The molecular weight excluding hydrogens is 334 g/mol. The first kappa shape index (κ1) is 17.2. The van der Waals surface area contributed by atoms with E-state index in [0.29, 0.717) is 5.75 Å². The number of hydrogen-bond donors (Lipinski definition) is 0. The number of nitro benzene ring substituents is 1. The molecule has 130 valence electrons. The summed E-state index contributed by atoms with van der Waals surface area (Å²) < 4.78 is 10.5. The van der Waals surface area contributed by atoms with E-state index in [1.54, 1.807) is 12.1 Å². The third-order valence-electron chi connectivity index (χ3n) is 3.58. The zero-order chi connectivity index (χ0) is 18.4. The number of hydrogen-bond acceptors (Lipinski definition) is 5. The molecule has 0 aromatic heterocycles. The molecule has 3 rings (SSSR count). The Morgan fingerprint density at radius 1 is 0.846 bits per heavy atom. The molecule has 0 unspecified atom stereocenters. The van der Waals surface area contributed by atoms with Crippen molar-refractivity contribution in [2.45, 2.75) is 0 Å². The van der Waals surface area contributed by atoms with Gasteiger partial charge in [0.2, 0.25) is 0 Å². The second kappa shape index (κ2) is 7.94. The van der Waals surface area contributed by atoms with Gasteiger partial charge in [0.05, 0.1) is 11.0 Å². The lowest BCUT2D eigenvalue weighted by molar-refractivity contribution is -0.384. The number of nitro groups is 1. The van der Waals surface area contributed by atoms with Gasteiger partial charge < -0.3 is 9.47 Å². The van der Waals surface area contributed by atoms with Crippen LogP contribution < -0.4 is 9.47 Å². The zero-order valence-electron chi connectivity index (χ0n) is 13.7. The maximum Gasteiger partial charge on any atom is 0.349 e. The van der Waals surface area contributed by atoms with Crippen molar-refractivity contribution in [2.24, 2.45) is 0 Å². The van der Waals surface area contributed by atoms with Gasteiger partial charge in [0, 0.05) is 6.07 Å². The second-order valence-corrected chi connectivity index (χ2v) is 5.41. The molecule has 6 nitrogen and oxygen atoms in total. The number of carbonyl (C=O) groups is 1. The third kappa shape index (κ3) is 4.45. The molecule has 0 aliphatic heterocycles. The number of ether oxygens (including phenoxy) is 2. The molecular formula is C20H15NO5. The van der Waals surface area contributed by atoms with E-state index in [1.807, 2.05) is 42.5 Å². The molecule has 0 aliphatic rings. The summed E-state index contributed by atoms with van der Waals surface area (Å²) in [7, 11) is 0. The third-order valence-corrected chi connectivity index (χ3v) is 3.58. The monoisotopic (exact) mass is 349 g/mol. The molecule has 26 heavy (non-hydrogen) atoms. The van der Waals surface area contributed by atoms with E-state index in [2.05, 4.69) is 0 Å². The molecule has 0 amide bonds. The van der Waals surface area contributed by atoms with Crippen LogP contribution in [-0.2, 0) is 4.79 Å². The summed E-state index contributed by atoms with van der Waals surface area (Å²) >= 11 is 0. The summed E-state index contributed by atoms with van der Waals surface area (Å²) in [6, 6.07) is 22.6. The number of benzene rings is 3. The van der Waals surface area contributed by atoms with E-state index in [0.717, 1.165) is 11.1 Å². The summed E-state index contributed by atoms with van der Waals surface area (Å²) in [5.41, 5.74) is 1.98. The van der Waals surface area contributed by atoms with Crippen LogP contribution in [0, 0.1) is 10.1 Å². The first-order valence-electron chi connectivity index (χ1n) is 7.85. The number of carbonyl (C=O) groups excluding carboxylic acids is 1. The van der Waals surface area contributed by atoms with Gasteiger partial charge in [-0.25, -0.2) is 4.79 Å². The Morgan fingerprint density at radius 2 is 1.54 bits per heavy atom. The van der Waals surface area contributed by atoms with Gasteiger partial charge in [0.25, 0.3) is 5.69 Å². The highest BCUT2D eigenvalue weighted by Crippen LogP contribution is 2.22. The molecule has 0 aliphatic carbocycles. The minimum Gasteiger partial charge on any atom is -0.482 e. The van der Waals surface area contributed by atoms with Crippen molar-refractivity contribution < 1.29 is 19.2 Å². The lowest BCUT2D eigenvalue weighted by Gasteiger charge is -2.08. The average molecular weight is 349 g/mol. The van der Waals surface area contributed by atoms with Gasteiger partial charge in [0.1, 0.15) is 11.5 Å². The first-order valence-corrected chi connectivity index (χ1v) is 7.85. The maximum absolute atomic E-state index is 11.8. The predicted octanol–water partition coefficient (Wildman–Crippen LogP) is 4.25. The Morgan fingerprint density at radius 3 is 2.23 bits per heavy atom. The quantitative estimate of drug-likeness (QED) is 0.288. The van der Waals surface area contributed by atoms with Crippen LogP contribution in [-0.4, -0.2) is 17.5 Å². The normalized spacial score (nSPS) is 10.2. The van der Waals surface area contributed by atoms with Gasteiger partial charge in [-0.3, -0.25) is 10.1 Å². The van der Waals surface area contributed by atoms with E-state index in [-0.39, 0.29) is 18.0 Å². The second-order valence-electron chi connectivity index (χ2n) is 5.41. The van der Waals surface area contributed by atoms with Crippen LogP contribution in [0.4, 0.5) is 5.69 Å². The van der Waals surface area contributed by atoms with E-state index in [9.17, 15) is 14.9 Å². The Balaban J connectivity index is 1.56. The number of esters is 1. The molecule has 3 aromatic rings. The minimum atomic E-state index is -0.641. The van der Waals surface area contributed by atoms with Crippen LogP contribution in [0.2, 0.25) is 0 Å².